The largest absolute Gasteiger partial charge is 0.361 e. The van der Waals surface area contributed by atoms with Gasteiger partial charge in [0.05, 0.1) is 6.42 Å². The molecule has 1 amide bonds. The number of aryl methyl sites for hydroxylation is 1. The van der Waals surface area contributed by atoms with E-state index in [4.69, 9.17) is 0 Å². The molecule has 0 bridgehead atoms. The Morgan fingerprint density at radius 3 is 3.00 bits per heavy atom. The Bertz CT molecular complexity index is 726. The van der Waals surface area contributed by atoms with Crippen LogP contribution < -0.4 is 5.32 Å². The maximum Gasteiger partial charge on any atom is 0.230 e. The number of nitrogens with zero attached hydrogens (tertiary/aromatic N) is 2. The monoisotopic (exact) mass is 254 g/mol. The zero-order valence-corrected chi connectivity index (χ0v) is 10.6. The van der Waals surface area contributed by atoms with Gasteiger partial charge in [-0.15, -0.1) is 0 Å². The number of carbonyl (C=O) groups excluding carboxylic acids is 1. The lowest BCUT2D eigenvalue weighted by Crippen LogP contribution is -2.14. The zero-order valence-electron chi connectivity index (χ0n) is 10.6. The molecular formula is C14H14N4O. The van der Waals surface area contributed by atoms with Gasteiger partial charge in [-0.1, -0.05) is 18.2 Å². The number of fused-ring (bicyclic) bond motifs is 1. The molecule has 96 valence electrons. The number of para-hydroxylation sites is 1. The van der Waals surface area contributed by atoms with Crippen molar-refractivity contribution in [3.63, 3.8) is 0 Å². The Labute approximate surface area is 110 Å². The number of H-pyrrole nitrogens is 1. The first-order chi connectivity index (χ1) is 9.22. The smallest absolute Gasteiger partial charge is 0.230 e. The second kappa shape index (κ2) is 4.61. The minimum absolute atomic E-state index is 0.0662. The average Bonchev–Trinajstić information content (AvgIpc) is 2.97. The Hall–Kier alpha value is -2.56. The van der Waals surface area contributed by atoms with Crippen molar-refractivity contribution in [3.05, 3.63) is 48.3 Å². The third kappa shape index (κ3) is 2.35. The molecule has 0 aliphatic rings. The van der Waals surface area contributed by atoms with Gasteiger partial charge in [-0.05, 0) is 11.6 Å². The summed E-state index contributed by atoms with van der Waals surface area (Å²) >= 11 is 0. The molecule has 19 heavy (non-hydrogen) atoms. The second-order valence-electron chi connectivity index (χ2n) is 4.46. The second-order valence-corrected chi connectivity index (χ2v) is 4.46. The zero-order chi connectivity index (χ0) is 13.2. The number of carbonyl (C=O) groups is 1. The molecule has 3 rings (SSSR count). The van der Waals surface area contributed by atoms with Gasteiger partial charge >= 0.3 is 0 Å². The summed E-state index contributed by atoms with van der Waals surface area (Å²) in [6, 6.07) is 9.71. The summed E-state index contributed by atoms with van der Waals surface area (Å²) in [7, 11) is 1.81. The molecule has 5 heteroatoms. The number of hydrogen-bond acceptors (Lipinski definition) is 2. The van der Waals surface area contributed by atoms with Crippen LogP contribution in [0.25, 0.3) is 10.9 Å². The SMILES string of the molecule is Cn1ccc(NC(=O)Cc2c[nH]c3ccccc23)n1. The molecule has 0 atom stereocenters. The van der Waals surface area contributed by atoms with E-state index < -0.39 is 0 Å². The van der Waals surface area contributed by atoms with Crippen LogP contribution in [0.2, 0.25) is 0 Å². The van der Waals surface area contributed by atoms with Crippen molar-refractivity contribution in [2.45, 2.75) is 6.42 Å². The van der Waals surface area contributed by atoms with Crippen LogP contribution in [0.5, 0.6) is 0 Å². The Balaban J connectivity index is 1.76. The minimum atomic E-state index is -0.0662. The van der Waals surface area contributed by atoms with Crippen molar-refractivity contribution in [1.82, 2.24) is 14.8 Å². The van der Waals surface area contributed by atoms with Crippen LogP contribution >= 0.6 is 0 Å². The summed E-state index contributed by atoms with van der Waals surface area (Å²) in [5.74, 6) is 0.510. The van der Waals surface area contributed by atoms with Crippen molar-refractivity contribution in [2.75, 3.05) is 5.32 Å². The highest BCUT2D eigenvalue weighted by Gasteiger charge is 2.09. The number of benzene rings is 1. The van der Waals surface area contributed by atoms with E-state index >= 15 is 0 Å². The standard InChI is InChI=1S/C14H14N4O/c1-18-7-6-13(17-18)16-14(19)8-10-9-15-12-5-3-2-4-11(10)12/h2-7,9,15H,8H2,1H3,(H,16,17,19). The molecule has 0 unspecified atom stereocenters. The molecule has 3 aromatic rings. The topological polar surface area (TPSA) is 62.7 Å². The normalized spacial score (nSPS) is 10.8. The molecule has 0 saturated heterocycles. The third-order valence-electron chi connectivity index (χ3n) is 3.01. The van der Waals surface area contributed by atoms with E-state index in [0.29, 0.717) is 12.2 Å². The minimum Gasteiger partial charge on any atom is -0.361 e. The van der Waals surface area contributed by atoms with E-state index in [1.807, 2.05) is 37.5 Å². The third-order valence-corrected chi connectivity index (χ3v) is 3.01. The number of rotatable bonds is 3. The molecular weight excluding hydrogens is 240 g/mol. The molecule has 5 nitrogen and oxygen atoms in total. The highest BCUT2D eigenvalue weighted by Crippen LogP contribution is 2.18. The first-order valence-electron chi connectivity index (χ1n) is 6.07. The highest BCUT2D eigenvalue weighted by molar-refractivity contribution is 5.95. The summed E-state index contributed by atoms with van der Waals surface area (Å²) in [4.78, 5) is 15.1. The Morgan fingerprint density at radius 2 is 2.21 bits per heavy atom. The van der Waals surface area contributed by atoms with Gasteiger partial charge in [-0.3, -0.25) is 9.48 Å². The van der Waals surface area contributed by atoms with Crippen LogP contribution in [0.15, 0.2) is 42.7 Å². The van der Waals surface area contributed by atoms with Gasteiger partial charge in [0.15, 0.2) is 5.82 Å². The summed E-state index contributed by atoms with van der Waals surface area (Å²) in [5.41, 5.74) is 2.03. The lowest BCUT2D eigenvalue weighted by molar-refractivity contribution is -0.115. The maximum absolute atomic E-state index is 12.0. The van der Waals surface area contributed by atoms with Gasteiger partial charge in [0.1, 0.15) is 0 Å². The number of anilines is 1. The Kier molecular flexibility index (Phi) is 2.79. The first kappa shape index (κ1) is 11.5. The predicted octanol–water partition coefficient (Wildman–Crippen LogP) is 2.08. The van der Waals surface area contributed by atoms with Crippen molar-refractivity contribution < 1.29 is 4.79 Å². The Morgan fingerprint density at radius 1 is 1.37 bits per heavy atom. The van der Waals surface area contributed by atoms with Crippen LogP contribution in [0, 0.1) is 0 Å². The van der Waals surface area contributed by atoms with Crippen LogP contribution in [0.1, 0.15) is 5.56 Å². The van der Waals surface area contributed by atoms with Crippen molar-refractivity contribution >= 4 is 22.6 Å². The van der Waals surface area contributed by atoms with E-state index in [1.54, 1.807) is 16.9 Å². The predicted molar refractivity (Wildman–Crippen MR) is 73.8 cm³/mol. The molecule has 2 heterocycles. The molecule has 1 aromatic carbocycles. The van der Waals surface area contributed by atoms with Crippen molar-refractivity contribution in [3.8, 4) is 0 Å². The van der Waals surface area contributed by atoms with E-state index in [9.17, 15) is 4.79 Å². The molecule has 2 aromatic heterocycles. The lowest BCUT2D eigenvalue weighted by Gasteiger charge is -2.01. The highest BCUT2D eigenvalue weighted by atomic mass is 16.1. The molecule has 0 aliphatic heterocycles. The fraction of sp³-hybridized carbons (Fsp3) is 0.143. The lowest BCUT2D eigenvalue weighted by atomic mass is 10.1. The molecule has 0 saturated carbocycles. The number of hydrogen-bond donors (Lipinski definition) is 2. The van der Waals surface area contributed by atoms with Crippen molar-refractivity contribution in [2.24, 2.45) is 7.05 Å². The van der Waals surface area contributed by atoms with Crippen LogP contribution in [0.4, 0.5) is 5.82 Å². The van der Waals surface area contributed by atoms with Crippen LogP contribution in [-0.4, -0.2) is 20.7 Å². The molecule has 0 spiro atoms. The summed E-state index contributed by atoms with van der Waals surface area (Å²) in [6.07, 6.45) is 4.00. The van der Waals surface area contributed by atoms with Crippen LogP contribution in [-0.2, 0) is 18.3 Å². The van der Waals surface area contributed by atoms with Gasteiger partial charge in [0.2, 0.25) is 5.91 Å². The fourth-order valence-corrected chi connectivity index (χ4v) is 2.12. The van der Waals surface area contributed by atoms with Gasteiger partial charge in [-0.2, -0.15) is 5.10 Å². The van der Waals surface area contributed by atoms with Gasteiger partial charge in [0, 0.05) is 36.4 Å². The first-order valence-corrected chi connectivity index (χ1v) is 6.07. The number of nitrogens with one attached hydrogen (secondary N) is 2. The van der Waals surface area contributed by atoms with E-state index in [2.05, 4.69) is 15.4 Å². The van der Waals surface area contributed by atoms with Crippen molar-refractivity contribution in [1.29, 1.82) is 0 Å². The number of aromatic nitrogens is 3. The van der Waals surface area contributed by atoms with Crippen LogP contribution in [0.3, 0.4) is 0 Å². The van der Waals surface area contributed by atoms with Gasteiger partial charge in [0.25, 0.3) is 0 Å². The average molecular weight is 254 g/mol. The van der Waals surface area contributed by atoms with Gasteiger partial charge < -0.3 is 10.3 Å². The maximum atomic E-state index is 12.0. The molecule has 0 fully saturated rings. The number of amides is 1. The quantitative estimate of drug-likeness (QED) is 0.751. The van der Waals surface area contributed by atoms with Gasteiger partial charge in [-0.25, -0.2) is 0 Å². The summed E-state index contributed by atoms with van der Waals surface area (Å²) in [6.45, 7) is 0. The molecule has 0 radical (unpaired) electrons. The summed E-state index contributed by atoms with van der Waals surface area (Å²) in [5, 5.41) is 7.98. The molecule has 0 aliphatic carbocycles. The summed E-state index contributed by atoms with van der Waals surface area (Å²) < 4.78 is 1.65. The fourth-order valence-electron chi connectivity index (χ4n) is 2.12. The molecule has 2 N–H and O–H groups in total. The number of aromatic amines is 1. The van der Waals surface area contributed by atoms with E-state index in [-0.39, 0.29) is 5.91 Å². The van der Waals surface area contributed by atoms with E-state index in [1.165, 1.54) is 0 Å². The van der Waals surface area contributed by atoms with E-state index in [0.717, 1.165) is 16.5 Å².